The van der Waals surface area contributed by atoms with Crippen LogP contribution >= 0.6 is 0 Å². The number of aliphatic hydroxyl groups excluding tert-OH is 1. The summed E-state index contributed by atoms with van der Waals surface area (Å²) >= 11 is 0. The number of rotatable bonds is 6. The van der Waals surface area contributed by atoms with E-state index in [1.807, 2.05) is 30.3 Å². The lowest BCUT2D eigenvalue weighted by molar-refractivity contribution is 0.263. The highest BCUT2D eigenvalue weighted by Crippen LogP contribution is 2.19. The number of hydrogen-bond acceptors (Lipinski definition) is 4. The Balaban J connectivity index is 1.73. The van der Waals surface area contributed by atoms with Gasteiger partial charge in [0.2, 0.25) is 5.89 Å². The highest BCUT2D eigenvalue weighted by Gasteiger charge is 2.12. The van der Waals surface area contributed by atoms with Crippen molar-refractivity contribution in [2.24, 2.45) is 0 Å². The van der Waals surface area contributed by atoms with Crippen molar-refractivity contribution in [1.82, 2.24) is 10.3 Å². The van der Waals surface area contributed by atoms with Gasteiger partial charge in [-0.25, -0.2) is 9.37 Å². The van der Waals surface area contributed by atoms with E-state index in [9.17, 15) is 9.50 Å². The van der Waals surface area contributed by atoms with Gasteiger partial charge < -0.3 is 14.8 Å². The van der Waals surface area contributed by atoms with E-state index in [-0.39, 0.29) is 18.5 Å². The Labute approximate surface area is 127 Å². The van der Waals surface area contributed by atoms with Crippen molar-refractivity contribution in [3.8, 4) is 0 Å². The quantitative estimate of drug-likeness (QED) is 0.734. The molecule has 0 saturated carbocycles. The Bertz CT molecular complexity index is 743. The first-order valence-corrected chi connectivity index (χ1v) is 7.20. The third-order valence-electron chi connectivity index (χ3n) is 3.51. The highest BCUT2D eigenvalue weighted by molar-refractivity contribution is 5.72. The number of hydrogen-bond donors (Lipinski definition) is 2. The lowest BCUT2D eigenvalue weighted by atomic mass is 10.0. The number of benzene rings is 2. The van der Waals surface area contributed by atoms with Crippen LogP contribution in [0, 0.1) is 5.82 Å². The minimum absolute atomic E-state index is 0.0120. The van der Waals surface area contributed by atoms with Crippen molar-refractivity contribution in [2.45, 2.75) is 19.0 Å². The summed E-state index contributed by atoms with van der Waals surface area (Å²) in [6.45, 7) is 0.501. The molecule has 114 valence electrons. The second-order valence-electron chi connectivity index (χ2n) is 5.08. The zero-order chi connectivity index (χ0) is 15.4. The number of nitrogens with zero attached hydrogens (tertiary/aromatic N) is 1. The predicted octanol–water partition coefficient (Wildman–Crippen LogP) is 3.18. The predicted molar refractivity (Wildman–Crippen MR) is 81.7 cm³/mol. The molecule has 0 spiro atoms. The van der Waals surface area contributed by atoms with Crippen molar-refractivity contribution >= 4 is 11.1 Å². The Morgan fingerprint density at radius 2 is 2.00 bits per heavy atom. The Kier molecular flexibility index (Phi) is 4.46. The maximum absolute atomic E-state index is 13.2. The molecule has 0 amide bonds. The first kappa shape index (κ1) is 14.7. The lowest BCUT2D eigenvalue weighted by Gasteiger charge is -2.17. The maximum atomic E-state index is 13.2. The van der Waals surface area contributed by atoms with Gasteiger partial charge in [0.1, 0.15) is 11.3 Å². The van der Waals surface area contributed by atoms with Gasteiger partial charge in [-0.1, -0.05) is 30.3 Å². The van der Waals surface area contributed by atoms with Crippen molar-refractivity contribution in [3.63, 3.8) is 0 Å². The summed E-state index contributed by atoms with van der Waals surface area (Å²) < 4.78 is 18.7. The standard InChI is InChI=1S/C17H17FN2O2/c18-13-6-7-16-15(10-13)20-17(22-16)11-19-14(8-9-21)12-4-2-1-3-5-12/h1-7,10,14,19,21H,8-9,11H2. The summed E-state index contributed by atoms with van der Waals surface area (Å²) in [7, 11) is 0. The van der Waals surface area contributed by atoms with Crippen LogP contribution in [0.4, 0.5) is 4.39 Å². The fourth-order valence-corrected chi connectivity index (χ4v) is 2.44. The smallest absolute Gasteiger partial charge is 0.209 e. The molecule has 22 heavy (non-hydrogen) atoms. The van der Waals surface area contributed by atoms with Gasteiger partial charge in [-0.15, -0.1) is 0 Å². The SMILES string of the molecule is OCCC(NCc1nc2cc(F)ccc2o1)c1ccccc1. The number of aromatic nitrogens is 1. The van der Waals surface area contributed by atoms with E-state index >= 15 is 0 Å². The molecule has 0 aliphatic heterocycles. The minimum atomic E-state index is -0.331. The van der Waals surface area contributed by atoms with E-state index in [1.54, 1.807) is 6.07 Å². The van der Waals surface area contributed by atoms with Gasteiger partial charge in [-0.3, -0.25) is 0 Å². The van der Waals surface area contributed by atoms with Crippen LogP contribution in [-0.4, -0.2) is 16.7 Å². The average molecular weight is 300 g/mol. The summed E-state index contributed by atoms with van der Waals surface area (Å²) in [6, 6.07) is 14.2. The van der Waals surface area contributed by atoms with Crippen LogP contribution < -0.4 is 5.32 Å². The molecule has 2 N–H and O–H groups in total. The Morgan fingerprint density at radius 3 is 2.77 bits per heavy atom. The molecule has 0 saturated heterocycles. The molecule has 0 aliphatic carbocycles. The number of nitrogens with one attached hydrogen (secondary N) is 1. The molecule has 0 bridgehead atoms. The van der Waals surface area contributed by atoms with Crippen LogP contribution in [0.15, 0.2) is 52.9 Å². The monoisotopic (exact) mass is 300 g/mol. The van der Waals surface area contributed by atoms with Crippen molar-refractivity contribution < 1.29 is 13.9 Å². The second-order valence-corrected chi connectivity index (χ2v) is 5.08. The van der Waals surface area contributed by atoms with E-state index in [1.165, 1.54) is 12.1 Å². The first-order chi connectivity index (χ1) is 10.8. The van der Waals surface area contributed by atoms with Gasteiger partial charge in [0.05, 0.1) is 6.54 Å². The number of halogens is 1. The summed E-state index contributed by atoms with van der Waals surface area (Å²) in [4.78, 5) is 4.27. The molecule has 1 unspecified atom stereocenters. The number of oxazole rings is 1. The Morgan fingerprint density at radius 1 is 1.18 bits per heavy atom. The molecule has 1 aromatic heterocycles. The third kappa shape index (κ3) is 3.32. The van der Waals surface area contributed by atoms with Crippen molar-refractivity contribution in [2.75, 3.05) is 6.61 Å². The number of fused-ring (bicyclic) bond motifs is 1. The zero-order valence-electron chi connectivity index (χ0n) is 12.0. The maximum Gasteiger partial charge on any atom is 0.209 e. The Hall–Kier alpha value is -2.24. The molecule has 0 radical (unpaired) electrons. The summed E-state index contributed by atoms with van der Waals surface area (Å²) in [5.74, 6) is 0.169. The van der Waals surface area contributed by atoms with Gasteiger partial charge in [0.25, 0.3) is 0 Å². The van der Waals surface area contributed by atoms with Gasteiger partial charge in [-0.2, -0.15) is 0 Å². The third-order valence-corrected chi connectivity index (χ3v) is 3.51. The molecule has 3 aromatic rings. The summed E-state index contributed by atoms with van der Waals surface area (Å²) in [5.41, 5.74) is 2.17. The first-order valence-electron chi connectivity index (χ1n) is 7.20. The molecular formula is C17H17FN2O2. The minimum Gasteiger partial charge on any atom is -0.439 e. The van der Waals surface area contributed by atoms with E-state index in [0.29, 0.717) is 30.0 Å². The zero-order valence-corrected chi connectivity index (χ0v) is 12.0. The normalized spacial score (nSPS) is 12.6. The fourth-order valence-electron chi connectivity index (χ4n) is 2.44. The van der Waals surface area contributed by atoms with Crippen LogP contribution in [0.1, 0.15) is 23.9 Å². The molecule has 5 heteroatoms. The van der Waals surface area contributed by atoms with E-state index in [2.05, 4.69) is 10.3 Å². The van der Waals surface area contributed by atoms with Gasteiger partial charge in [0.15, 0.2) is 5.58 Å². The molecule has 0 aliphatic rings. The lowest BCUT2D eigenvalue weighted by Crippen LogP contribution is -2.22. The highest BCUT2D eigenvalue weighted by atomic mass is 19.1. The molecular weight excluding hydrogens is 283 g/mol. The van der Waals surface area contributed by atoms with Crippen LogP contribution in [0.2, 0.25) is 0 Å². The second kappa shape index (κ2) is 6.68. The molecule has 4 nitrogen and oxygen atoms in total. The van der Waals surface area contributed by atoms with Crippen molar-refractivity contribution in [1.29, 1.82) is 0 Å². The molecule has 2 aromatic carbocycles. The summed E-state index contributed by atoms with van der Waals surface area (Å²) in [6.07, 6.45) is 0.596. The topological polar surface area (TPSA) is 58.3 Å². The van der Waals surface area contributed by atoms with Crippen molar-refractivity contribution in [3.05, 3.63) is 65.8 Å². The van der Waals surface area contributed by atoms with E-state index in [4.69, 9.17) is 4.42 Å². The van der Waals surface area contributed by atoms with Gasteiger partial charge >= 0.3 is 0 Å². The number of aliphatic hydroxyl groups is 1. The summed E-state index contributed by atoms with van der Waals surface area (Å²) in [5, 5.41) is 12.5. The van der Waals surface area contributed by atoms with Gasteiger partial charge in [-0.05, 0) is 24.1 Å². The molecule has 3 rings (SSSR count). The average Bonchev–Trinajstić information content (AvgIpc) is 2.94. The van der Waals surface area contributed by atoms with Crippen LogP contribution in [-0.2, 0) is 6.54 Å². The molecule has 0 fully saturated rings. The fraction of sp³-hybridized carbons (Fsp3) is 0.235. The van der Waals surface area contributed by atoms with Crippen LogP contribution in [0.3, 0.4) is 0 Å². The van der Waals surface area contributed by atoms with E-state index in [0.717, 1.165) is 5.56 Å². The molecule has 1 heterocycles. The van der Waals surface area contributed by atoms with Crippen LogP contribution in [0.25, 0.3) is 11.1 Å². The van der Waals surface area contributed by atoms with E-state index < -0.39 is 0 Å². The molecule has 1 atom stereocenters. The van der Waals surface area contributed by atoms with Gasteiger partial charge in [0, 0.05) is 18.7 Å². The largest absolute Gasteiger partial charge is 0.439 e. The van der Waals surface area contributed by atoms with Crippen LogP contribution in [0.5, 0.6) is 0 Å².